The number of rotatable bonds is 4. The van der Waals surface area contributed by atoms with E-state index in [9.17, 15) is 9.59 Å². The molecule has 1 heterocycles. The summed E-state index contributed by atoms with van der Waals surface area (Å²) < 4.78 is 5.31. The standard InChI is InChI=1S/C18H33N3O3/c1-13-10-21(5)11-14(13)15(22)20-18(8-6-7-9-18)12-19-16(23)24-17(2,3)4/h13-14H,6-12H2,1-5H3,(H,19,23)(H,20,22). The number of hydrogen-bond acceptors (Lipinski definition) is 4. The molecule has 6 nitrogen and oxygen atoms in total. The van der Waals surface area contributed by atoms with Crippen LogP contribution in [0.4, 0.5) is 4.79 Å². The van der Waals surface area contributed by atoms with Crippen LogP contribution >= 0.6 is 0 Å². The third-order valence-electron chi connectivity index (χ3n) is 5.05. The fraction of sp³-hybridized carbons (Fsp3) is 0.889. The molecule has 0 aromatic rings. The number of carbonyl (C=O) groups is 2. The monoisotopic (exact) mass is 339 g/mol. The minimum Gasteiger partial charge on any atom is -0.444 e. The number of amides is 2. The van der Waals surface area contributed by atoms with Gasteiger partial charge in [0.25, 0.3) is 0 Å². The Morgan fingerprint density at radius 3 is 2.33 bits per heavy atom. The molecule has 2 rings (SSSR count). The SMILES string of the molecule is CC1CN(C)CC1C(=O)NC1(CNC(=O)OC(C)(C)C)CCCC1. The smallest absolute Gasteiger partial charge is 0.407 e. The van der Waals surface area contributed by atoms with Gasteiger partial charge in [0.05, 0.1) is 11.5 Å². The van der Waals surface area contributed by atoms with Gasteiger partial charge in [-0.3, -0.25) is 4.79 Å². The van der Waals surface area contributed by atoms with Crippen LogP contribution < -0.4 is 10.6 Å². The minimum atomic E-state index is -0.514. The van der Waals surface area contributed by atoms with Crippen molar-refractivity contribution in [1.82, 2.24) is 15.5 Å². The summed E-state index contributed by atoms with van der Waals surface area (Å²) in [5.74, 6) is 0.529. The van der Waals surface area contributed by atoms with E-state index in [0.29, 0.717) is 12.5 Å². The molecule has 2 aliphatic rings. The molecule has 2 amide bonds. The van der Waals surface area contributed by atoms with Crippen LogP contribution in [0.25, 0.3) is 0 Å². The van der Waals surface area contributed by atoms with E-state index in [1.165, 1.54) is 0 Å². The second-order valence-corrected chi connectivity index (χ2v) is 8.64. The molecule has 138 valence electrons. The summed E-state index contributed by atoms with van der Waals surface area (Å²) in [6.45, 7) is 9.87. The second kappa shape index (κ2) is 7.30. The Balaban J connectivity index is 1.93. The van der Waals surface area contributed by atoms with Crippen LogP contribution in [0.1, 0.15) is 53.4 Å². The van der Waals surface area contributed by atoms with Crippen LogP contribution in [0.2, 0.25) is 0 Å². The molecule has 1 saturated heterocycles. The van der Waals surface area contributed by atoms with Crippen molar-refractivity contribution in [3.05, 3.63) is 0 Å². The highest BCUT2D eigenvalue weighted by atomic mass is 16.6. The maximum atomic E-state index is 12.8. The van der Waals surface area contributed by atoms with Crippen LogP contribution in [-0.4, -0.2) is 54.7 Å². The molecule has 0 bridgehead atoms. The number of nitrogens with zero attached hydrogens (tertiary/aromatic N) is 1. The Hall–Kier alpha value is -1.30. The van der Waals surface area contributed by atoms with Crippen LogP contribution in [0.15, 0.2) is 0 Å². The molecule has 2 unspecified atom stereocenters. The van der Waals surface area contributed by atoms with E-state index in [-0.39, 0.29) is 17.4 Å². The van der Waals surface area contributed by atoms with Gasteiger partial charge in [-0.15, -0.1) is 0 Å². The molecule has 0 aromatic heterocycles. The average molecular weight is 339 g/mol. The van der Waals surface area contributed by atoms with Crippen molar-refractivity contribution in [3.8, 4) is 0 Å². The molecule has 1 aliphatic heterocycles. The lowest BCUT2D eigenvalue weighted by atomic mass is 9.92. The largest absolute Gasteiger partial charge is 0.444 e. The van der Waals surface area contributed by atoms with E-state index in [2.05, 4.69) is 29.5 Å². The highest BCUT2D eigenvalue weighted by Crippen LogP contribution is 2.31. The molecule has 2 atom stereocenters. The van der Waals surface area contributed by atoms with Gasteiger partial charge in [-0.05, 0) is 46.6 Å². The molecule has 1 saturated carbocycles. The lowest BCUT2D eigenvalue weighted by molar-refractivity contribution is -0.127. The van der Waals surface area contributed by atoms with Crippen molar-refractivity contribution >= 4 is 12.0 Å². The maximum absolute atomic E-state index is 12.8. The number of nitrogens with one attached hydrogen (secondary N) is 2. The van der Waals surface area contributed by atoms with E-state index in [0.717, 1.165) is 38.8 Å². The maximum Gasteiger partial charge on any atom is 0.407 e. The van der Waals surface area contributed by atoms with E-state index >= 15 is 0 Å². The summed E-state index contributed by atoms with van der Waals surface area (Å²) in [5.41, 5.74) is -0.838. The highest BCUT2D eigenvalue weighted by molar-refractivity contribution is 5.80. The normalized spacial score (nSPS) is 27.0. The number of likely N-dealkylation sites (tertiary alicyclic amines) is 1. The van der Waals surface area contributed by atoms with Crippen LogP contribution in [0.3, 0.4) is 0 Å². The first-order valence-electron chi connectivity index (χ1n) is 9.08. The number of carbonyl (C=O) groups excluding carboxylic acids is 2. The van der Waals surface area contributed by atoms with Crippen molar-refractivity contribution in [2.45, 2.75) is 64.5 Å². The zero-order chi connectivity index (χ0) is 18.0. The van der Waals surface area contributed by atoms with Gasteiger partial charge in [0.15, 0.2) is 0 Å². The quantitative estimate of drug-likeness (QED) is 0.823. The van der Waals surface area contributed by atoms with Gasteiger partial charge in [0, 0.05) is 19.6 Å². The lowest BCUT2D eigenvalue weighted by Crippen LogP contribution is -2.56. The topological polar surface area (TPSA) is 70.7 Å². The van der Waals surface area contributed by atoms with Gasteiger partial charge in [-0.25, -0.2) is 4.79 Å². The Morgan fingerprint density at radius 2 is 1.83 bits per heavy atom. The van der Waals surface area contributed by atoms with Gasteiger partial charge >= 0.3 is 6.09 Å². The van der Waals surface area contributed by atoms with E-state index in [4.69, 9.17) is 4.74 Å². The van der Waals surface area contributed by atoms with E-state index in [1.54, 1.807) is 0 Å². The summed E-state index contributed by atoms with van der Waals surface area (Å²) >= 11 is 0. The van der Waals surface area contributed by atoms with Gasteiger partial charge in [0.1, 0.15) is 5.60 Å². The van der Waals surface area contributed by atoms with E-state index < -0.39 is 11.7 Å². The molecule has 2 fully saturated rings. The first-order chi connectivity index (χ1) is 11.1. The third-order valence-corrected chi connectivity index (χ3v) is 5.05. The van der Waals surface area contributed by atoms with Gasteiger partial charge in [-0.2, -0.15) is 0 Å². The van der Waals surface area contributed by atoms with Crippen molar-refractivity contribution in [3.63, 3.8) is 0 Å². The van der Waals surface area contributed by atoms with Crippen LogP contribution in [0.5, 0.6) is 0 Å². The molecule has 0 aromatic carbocycles. The number of hydrogen-bond donors (Lipinski definition) is 2. The Morgan fingerprint density at radius 1 is 1.21 bits per heavy atom. The van der Waals surface area contributed by atoms with Crippen LogP contribution in [-0.2, 0) is 9.53 Å². The molecule has 2 N–H and O–H groups in total. The van der Waals surface area contributed by atoms with Gasteiger partial charge in [0.2, 0.25) is 5.91 Å². The first-order valence-corrected chi connectivity index (χ1v) is 9.08. The Kier molecular flexibility index (Phi) is 5.78. The second-order valence-electron chi connectivity index (χ2n) is 8.64. The summed E-state index contributed by atoms with van der Waals surface area (Å²) in [6.07, 6.45) is 3.56. The first kappa shape index (κ1) is 19.0. The fourth-order valence-corrected chi connectivity index (χ4v) is 3.86. The summed E-state index contributed by atoms with van der Waals surface area (Å²) in [6, 6.07) is 0. The van der Waals surface area contributed by atoms with Crippen molar-refractivity contribution in [2.75, 3.05) is 26.7 Å². The highest BCUT2D eigenvalue weighted by Gasteiger charge is 2.40. The molecule has 1 aliphatic carbocycles. The summed E-state index contributed by atoms with van der Waals surface area (Å²) in [4.78, 5) is 26.9. The molecular weight excluding hydrogens is 306 g/mol. The molecule has 0 radical (unpaired) electrons. The predicted molar refractivity (Wildman–Crippen MR) is 93.7 cm³/mol. The van der Waals surface area contributed by atoms with Crippen molar-refractivity contribution < 1.29 is 14.3 Å². The average Bonchev–Trinajstić information content (AvgIpc) is 3.02. The van der Waals surface area contributed by atoms with Crippen molar-refractivity contribution in [1.29, 1.82) is 0 Å². The number of ether oxygens (including phenoxy) is 1. The lowest BCUT2D eigenvalue weighted by Gasteiger charge is -2.33. The number of alkyl carbamates (subject to hydrolysis) is 1. The summed E-state index contributed by atoms with van der Waals surface area (Å²) in [5, 5.41) is 6.12. The minimum absolute atomic E-state index is 0.0361. The fourth-order valence-electron chi connectivity index (χ4n) is 3.86. The van der Waals surface area contributed by atoms with Gasteiger partial charge in [-0.1, -0.05) is 19.8 Å². The van der Waals surface area contributed by atoms with E-state index in [1.807, 2.05) is 20.8 Å². The third kappa shape index (κ3) is 5.10. The van der Waals surface area contributed by atoms with Gasteiger partial charge < -0.3 is 20.3 Å². The predicted octanol–water partition coefficient (Wildman–Crippen LogP) is 2.14. The van der Waals surface area contributed by atoms with Crippen molar-refractivity contribution in [2.24, 2.45) is 11.8 Å². The molecule has 0 spiro atoms. The molecular formula is C18H33N3O3. The summed E-state index contributed by atoms with van der Waals surface area (Å²) in [7, 11) is 2.05. The molecule has 24 heavy (non-hydrogen) atoms. The zero-order valence-corrected chi connectivity index (χ0v) is 15.8. The zero-order valence-electron chi connectivity index (χ0n) is 15.8. The molecule has 6 heteroatoms. The Labute approximate surface area is 145 Å². The van der Waals surface area contributed by atoms with Crippen LogP contribution in [0, 0.1) is 11.8 Å². The Bertz CT molecular complexity index is 467.